The summed E-state index contributed by atoms with van der Waals surface area (Å²) < 4.78 is 5.82. The molecule has 0 saturated heterocycles. The maximum absolute atomic E-state index is 9.68. The molecule has 4 heteroatoms. The Hall–Kier alpha value is -0.740. The number of methoxy groups -OCH3 is 1. The molecule has 0 atom stereocenters. The van der Waals surface area contributed by atoms with Crippen LogP contribution in [0.1, 0.15) is 19.4 Å². The highest BCUT2D eigenvalue weighted by atomic mass is 79.9. The second-order valence-corrected chi connectivity index (χ2v) is 4.49. The number of benzene rings is 1. The molecular formula is C10H14BrNO2. The number of hydrogen-bond donors (Lipinski definition) is 2. The van der Waals surface area contributed by atoms with Gasteiger partial charge in [-0.2, -0.15) is 0 Å². The van der Waals surface area contributed by atoms with E-state index in [9.17, 15) is 5.11 Å². The Balaban J connectivity index is 3.40. The zero-order chi connectivity index (χ0) is 10.9. The van der Waals surface area contributed by atoms with Crippen molar-refractivity contribution in [1.29, 1.82) is 0 Å². The molecule has 1 aromatic carbocycles. The lowest BCUT2D eigenvalue weighted by atomic mass is 9.94. The summed E-state index contributed by atoms with van der Waals surface area (Å²) in [5.74, 6) is 0.835. The third-order valence-corrected chi connectivity index (χ3v) is 2.74. The van der Waals surface area contributed by atoms with Gasteiger partial charge in [0.1, 0.15) is 11.5 Å². The van der Waals surface area contributed by atoms with Crippen LogP contribution in [0, 0.1) is 0 Å². The fraction of sp³-hybridized carbons (Fsp3) is 0.400. The van der Waals surface area contributed by atoms with Gasteiger partial charge in [0.05, 0.1) is 11.6 Å². The normalized spacial score (nSPS) is 11.5. The fourth-order valence-corrected chi connectivity index (χ4v) is 2.33. The van der Waals surface area contributed by atoms with Gasteiger partial charge in [-0.05, 0) is 41.9 Å². The Labute approximate surface area is 92.0 Å². The van der Waals surface area contributed by atoms with E-state index in [1.165, 1.54) is 0 Å². The van der Waals surface area contributed by atoms with Crippen molar-refractivity contribution in [2.75, 3.05) is 7.11 Å². The summed E-state index contributed by atoms with van der Waals surface area (Å²) in [5.41, 5.74) is 5.97. The molecule has 0 amide bonds. The molecule has 0 spiro atoms. The van der Waals surface area contributed by atoms with Crippen LogP contribution in [-0.2, 0) is 5.54 Å². The highest BCUT2D eigenvalue weighted by Crippen LogP contribution is 2.39. The van der Waals surface area contributed by atoms with Gasteiger partial charge in [0.2, 0.25) is 0 Å². The third kappa shape index (κ3) is 2.01. The molecule has 1 aromatic rings. The molecule has 78 valence electrons. The van der Waals surface area contributed by atoms with E-state index in [4.69, 9.17) is 10.5 Å². The van der Waals surface area contributed by atoms with Crippen LogP contribution in [-0.4, -0.2) is 12.2 Å². The average Bonchev–Trinajstić information content (AvgIpc) is 2.02. The van der Waals surface area contributed by atoms with Gasteiger partial charge in [0.15, 0.2) is 0 Å². The molecule has 14 heavy (non-hydrogen) atoms. The first-order valence-electron chi connectivity index (χ1n) is 4.22. The maximum Gasteiger partial charge on any atom is 0.133 e. The van der Waals surface area contributed by atoms with E-state index in [1.807, 2.05) is 13.8 Å². The summed E-state index contributed by atoms with van der Waals surface area (Å²) in [6.07, 6.45) is 0. The zero-order valence-electron chi connectivity index (χ0n) is 8.47. The minimum atomic E-state index is -0.614. The quantitative estimate of drug-likeness (QED) is 0.858. The number of phenols is 1. The minimum absolute atomic E-state index is 0.171. The summed E-state index contributed by atoms with van der Waals surface area (Å²) in [4.78, 5) is 0. The van der Waals surface area contributed by atoms with E-state index in [0.29, 0.717) is 15.8 Å². The van der Waals surface area contributed by atoms with Crippen molar-refractivity contribution < 1.29 is 9.84 Å². The molecule has 1 rings (SSSR count). The van der Waals surface area contributed by atoms with Gasteiger partial charge in [-0.25, -0.2) is 0 Å². The smallest absolute Gasteiger partial charge is 0.133 e. The second kappa shape index (κ2) is 3.79. The molecule has 0 aromatic heterocycles. The van der Waals surface area contributed by atoms with Gasteiger partial charge in [0, 0.05) is 11.1 Å². The van der Waals surface area contributed by atoms with Gasteiger partial charge < -0.3 is 15.6 Å². The average molecular weight is 260 g/mol. The van der Waals surface area contributed by atoms with E-state index >= 15 is 0 Å². The van der Waals surface area contributed by atoms with Crippen molar-refractivity contribution in [3.05, 3.63) is 22.2 Å². The Morgan fingerprint density at radius 2 is 2.00 bits per heavy atom. The predicted octanol–water partition coefficient (Wildman–Crippen LogP) is 2.36. The molecule has 0 saturated carbocycles. The van der Waals surface area contributed by atoms with Crippen molar-refractivity contribution in [3.63, 3.8) is 0 Å². The van der Waals surface area contributed by atoms with Gasteiger partial charge in [-0.1, -0.05) is 0 Å². The van der Waals surface area contributed by atoms with Crippen molar-refractivity contribution in [1.82, 2.24) is 0 Å². The van der Waals surface area contributed by atoms with Crippen LogP contribution in [0.15, 0.2) is 16.6 Å². The first kappa shape index (κ1) is 11.3. The fourth-order valence-electron chi connectivity index (χ4n) is 1.32. The van der Waals surface area contributed by atoms with Crippen LogP contribution >= 0.6 is 15.9 Å². The van der Waals surface area contributed by atoms with Crippen molar-refractivity contribution in [3.8, 4) is 11.5 Å². The molecule has 0 aliphatic rings. The van der Waals surface area contributed by atoms with Crippen LogP contribution in [0.2, 0.25) is 0 Å². The minimum Gasteiger partial charge on any atom is -0.508 e. The highest BCUT2D eigenvalue weighted by molar-refractivity contribution is 9.10. The highest BCUT2D eigenvalue weighted by Gasteiger charge is 2.23. The Morgan fingerprint density at radius 1 is 1.43 bits per heavy atom. The largest absolute Gasteiger partial charge is 0.508 e. The van der Waals surface area contributed by atoms with Crippen LogP contribution < -0.4 is 10.5 Å². The van der Waals surface area contributed by atoms with Crippen molar-refractivity contribution in [2.45, 2.75) is 19.4 Å². The van der Waals surface area contributed by atoms with E-state index < -0.39 is 5.54 Å². The lowest BCUT2D eigenvalue weighted by Crippen LogP contribution is -2.29. The zero-order valence-corrected chi connectivity index (χ0v) is 10.1. The van der Waals surface area contributed by atoms with Crippen LogP contribution in [0.25, 0.3) is 0 Å². The van der Waals surface area contributed by atoms with E-state index in [1.54, 1.807) is 19.2 Å². The number of halogens is 1. The molecule has 0 bridgehead atoms. The van der Waals surface area contributed by atoms with E-state index in [2.05, 4.69) is 15.9 Å². The molecule has 0 unspecified atom stereocenters. The van der Waals surface area contributed by atoms with Gasteiger partial charge >= 0.3 is 0 Å². The lowest BCUT2D eigenvalue weighted by molar-refractivity contribution is 0.400. The first-order chi connectivity index (χ1) is 6.38. The summed E-state index contributed by atoms with van der Waals surface area (Å²) in [7, 11) is 1.57. The third-order valence-electron chi connectivity index (χ3n) is 1.95. The SMILES string of the molecule is COc1ccc(O)c(C(C)(C)N)c1Br. The molecular weight excluding hydrogens is 246 g/mol. The Kier molecular flexibility index (Phi) is 3.07. The second-order valence-electron chi connectivity index (χ2n) is 3.70. The summed E-state index contributed by atoms with van der Waals surface area (Å²) >= 11 is 3.36. The van der Waals surface area contributed by atoms with Gasteiger partial charge in [0.25, 0.3) is 0 Å². The molecule has 0 heterocycles. The monoisotopic (exact) mass is 259 g/mol. The van der Waals surface area contributed by atoms with Crippen LogP contribution in [0.4, 0.5) is 0 Å². The van der Waals surface area contributed by atoms with E-state index in [0.717, 1.165) is 0 Å². The number of hydrogen-bond acceptors (Lipinski definition) is 3. The van der Waals surface area contributed by atoms with Crippen LogP contribution in [0.3, 0.4) is 0 Å². The summed E-state index contributed by atoms with van der Waals surface area (Å²) in [6, 6.07) is 3.27. The molecule has 0 aliphatic heterocycles. The van der Waals surface area contributed by atoms with Crippen LogP contribution in [0.5, 0.6) is 11.5 Å². The number of ether oxygens (including phenoxy) is 1. The summed E-state index contributed by atoms with van der Waals surface area (Å²) in [6.45, 7) is 3.65. The molecule has 3 N–H and O–H groups in total. The standard InChI is InChI=1S/C10H14BrNO2/c1-10(2,12)8-6(13)4-5-7(14-3)9(8)11/h4-5,13H,12H2,1-3H3. The number of phenolic OH excluding ortho intramolecular Hbond substituents is 1. The van der Waals surface area contributed by atoms with Crippen molar-refractivity contribution >= 4 is 15.9 Å². The number of rotatable bonds is 2. The van der Waals surface area contributed by atoms with Crippen molar-refractivity contribution in [2.24, 2.45) is 5.73 Å². The Bertz CT molecular complexity index is 345. The number of aromatic hydroxyl groups is 1. The maximum atomic E-state index is 9.68. The number of nitrogens with two attached hydrogens (primary N) is 1. The molecule has 0 fully saturated rings. The molecule has 0 aliphatic carbocycles. The lowest BCUT2D eigenvalue weighted by Gasteiger charge is -2.23. The summed E-state index contributed by atoms with van der Waals surface area (Å²) in [5, 5.41) is 9.68. The first-order valence-corrected chi connectivity index (χ1v) is 5.02. The predicted molar refractivity (Wildman–Crippen MR) is 59.6 cm³/mol. The topological polar surface area (TPSA) is 55.5 Å². The van der Waals surface area contributed by atoms with E-state index in [-0.39, 0.29) is 5.75 Å². The molecule has 3 nitrogen and oxygen atoms in total. The molecule has 0 radical (unpaired) electrons. The van der Waals surface area contributed by atoms with Gasteiger partial charge in [-0.15, -0.1) is 0 Å². The Morgan fingerprint density at radius 3 is 2.43 bits per heavy atom. The van der Waals surface area contributed by atoms with Gasteiger partial charge in [-0.3, -0.25) is 0 Å².